The molecule has 29 heavy (non-hydrogen) atoms. The van der Waals surface area contributed by atoms with Crippen molar-refractivity contribution in [2.24, 2.45) is 0 Å². The first-order chi connectivity index (χ1) is 13.9. The van der Waals surface area contributed by atoms with E-state index in [0.29, 0.717) is 24.3 Å². The van der Waals surface area contributed by atoms with Gasteiger partial charge in [0.15, 0.2) is 0 Å². The molecule has 0 aliphatic rings. The largest absolute Gasteiger partial charge is 0.330 e. The lowest BCUT2D eigenvalue weighted by Gasteiger charge is -2.20. The summed E-state index contributed by atoms with van der Waals surface area (Å²) in [5, 5.41) is 1.97. The van der Waals surface area contributed by atoms with Crippen LogP contribution < -0.4 is 4.72 Å². The fourth-order valence-electron chi connectivity index (χ4n) is 2.66. The highest BCUT2D eigenvalue weighted by molar-refractivity contribution is 9.10. The second-order valence-corrected chi connectivity index (χ2v) is 9.82. The van der Waals surface area contributed by atoms with Gasteiger partial charge in [0.05, 0.1) is 11.4 Å². The zero-order valence-electron chi connectivity index (χ0n) is 15.4. The molecule has 0 fully saturated rings. The maximum atomic E-state index is 12.9. The summed E-state index contributed by atoms with van der Waals surface area (Å²) in [5.41, 5.74) is 0.869. The summed E-state index contributed by atoms with van der Waals surface area (Å²) in [4.78, 5) is 15.8. The van der Waals surface area contributed by atoms with Crippen molar-refractivity contribution in [2.45, 2.75) is 11.4 Å². The lowest BCUT2D eigenvalue weighted by molar-refractivity contribution is 0.0764. The maximum absolute atomic E-state index is 12.9. The van der Waals surface area contributed by atoms with Crippen LogP contribution in [0.2, 0.25) is 0 Å². The Bertz CT molecular complexity index is 1080. The standard InChI is InChI=1S/C21H19BrN2O3S2/c1-2-13-24(15-19-4-3-14-28-19)21(25)16-5-9-18(10-6-16)23-29(26,27)20-11-7-17(22)8-12-20/h2-12,14,23H,1,13,15H2. The summed E-state index contributed by atoms with van der Waals surface area (Å²) >= 11 is 4.87. The topological polar surface area (TPSA) is 66.5 Å². The van der Waals surface area contributed by atoms with Crippen LogP contribution in [0.25, 0.3) is 0 Å². The molecule has 0 unspecified atom stereocenters. The van der Waals surface area contributed by atoms with Crippen LogP contribution in [0, 0.1) is 0 Å². The van der Waals surface area contributed by atoms with Gasteiger partial charge in [-0.1, -0.05) is 28.1 Å². The van der Waals surface area contributed by atoms with E-state index in [1.165, 1.54) is 12.1 Å². The average molecular weight is 491 g/mol. The highest BCUT2D eigenvalue weighted by atomic mass is 79.9. The molecule has 0 spiro atoms. The van der Waals surface area contributed by atoms with E-state index in [-0.39, 0.29) is 10.8 Å². The smallest absolute Gasteiger partial charge is 0.261 e. The lowest BCUT2D eigenvalue weighted by Crippen LogP contribution is -2.30. The van der Waals surface area contributed by atoms with Crippen LogP contribution >= 0.6 is 27.3 Å². The monoisotopic (exact) mass is 490 g/mol. The first kappa shape index (κ1) is 21.3. The molecule has 0 aliphatic carbocycles. The van der Waals surface area contributed by atoms with Gasteiger partial charge in [0.25, 0.3) is 15.9 Å². The highest BCUT2D eigenvalue weighted by Crippen LogP contribution is 2.20. The number of sulfonamides is 1. The molecule has 1 N–H and O–H groups in total. The second-order valence-electron chi connectivity index (χ2n) is 6.19. The van der Waals surface area contributed by atoms with Crippen LogP contribution in [0.3, 0.4) is 0 Å². The highest BCUT2D eigenvalue weighted by Gasteiger charge is 2.17. The van der Waals surface area contributed by atoms with Gasteiger partial charge in [0.1, 0.15) is 0 Å². The number of thiophene rings is 1. The third-order valence-electron chi connectivity index (χ3n) is 4.07. The van der Waals surface area contributed by atoms with Crippen molar-refractivity contribution >= 4 is 48.9 Å². The Morgan fingerprint density at radius 3 is 2.38 bits per heavy atom. The van der Waals surface area contributed by atoms with Crippen LogP contribution in [0.4, 0.5) is 5.69 Å². The Hall–Kier alpha value is -2.42. The normalized spacial score (nSPS) is 11.1. The van der Waals surface area contributed by atoms with E-state index in [1.807, 2.05) is 17.5 Å². The molecule has 8 heteroatoms. The van der Waals surface area contributed by atoms with Crippen LogP contribution in [-0.4, -0.2) is 25.8 Å². The number of nitrogens with one attached hydrogen (secondary N) is 1. The number of carbonyl (C=O) groups excluding carboxylic acids is 1. The van der Waals surface area contributed by atoms with Crippen molar-refractivity contribution < 1.29 is 13.2 Å². The minimum absolute atomic E-state index is 0.138. The Morgan fingerprint density at radius 2 is 1.79 bits per heavy atom. The summed E-state index contributed by atoms with van der Waals surface area (Å²) in [6, 6.07) is 16.7. The van der Waals surface area contributed by atoms with Crippen molar-refractivity contribution in [1.29, 1.82) is 0 Å². The van der Waals surface area contributed by atoms with Gasteiger partial charge in [-0.15, -0.1) is 17.9 Å². The molecular weight excluding hydrogens is 472 g/mol. The van der Waals surface area contributed by atoms with Gasteiger partial charge in [-0.2, -0.15) is 0 Å². The quantitative estimate of drug-likeness (QED) is 0.444. The molecule has 0 radical (unpaired) electrons. The number of hydrogen-bond acceptors (Lipinski definition) is 4. The number of halogens is 1. The maximum Gasteiger partial charge on any atom is 0.261 e. The Labute approximate surface area is 182 Å². The summed E-state index contributed by atoms with van der Waals surface area (Å²) in [6.07, 6.45) is 1.69. The predicted molar refractivity (Wildman–Crippen MR) is 121 cm³/mol. The molecule has 3 rings (SSSR count). The number of carbonyl (C=O) groups is 1. The molecule has 2 aromatic carbocycles. The third kappa shape index (κ3) is 5.56. The van der Waals surface area contributed by atoms with Crippen LogP contribution in [0.5, 0.6) is 0 Å². The summed E-state index contributed by atoms with van der Waals surface area (Å²) in [6.45, 7) is 4.65. The Morgan fingerprint density at radius 1 is 1.10 bits per heavy atom. The van der Waals surface area contributed by atoms with E-state index in [4.69, 9.17) is 0 Å². The number of rotatable bonds is 8. The van der Waals surface area contributed by atoms with E-state index in [9.17, 15) is 13.2 Å². The van der Waals surface area contributed by atoms with E-state index in [0.717, 1.165) is 9.35 Å². The number of benzene rings is 2. The molecular formula is C21H19BrN2O3S2. The SMILES string of the molecule is C=CCN(Cc1cccs1)C(=O)c1ccc(NS(=O)(=O)c2ccc(Br)cc2)cc1. The Kier molecular flexibility index (Phi) is 6.89. The lowest BCUT2D eigenvalue weighted by atomic mass is 10.2. The average Bonchev–Trinajstić information content (AvgIpc) is 3.21. The minimum atomic E-state index is -3.70. The number of nitrogens with zero attached hydrogens (tertiary/aromatic N) is 1. The minimum Gasteiger partial charge on any atom is -0.330 e. The van der Waals surface area contributed by atoms with Crippen molar-refractivity contribution in [3.05, 3.63) is 93.6 Å². The second kappa shape index (κ2) is 9.39. The number of hydrogen-bond donors (Lipinski definition) is 1. The fourth-order valence-corrected chi connectivity index (χ4v) is 4.70. The van der Waals surface area contributed by atoms with E-state index in [1.54, 1.807) is 58.7 Å². The molecule has 0 aliphatic heterocycles. The van der Waals surface area contributed by atoms with E-state index < -0.39 is 10.0 Å². The first-order valence-electron chi connectivity index (χ1n) is 8.70. The van der Waals surface area contributed by atoms with E-state index >= 15 is 0 Å². The molecule has 5 nitrogen and oxygen atoms in total. The first-order valence-corrected chi connectivity index (χ1v) is 11.9. The van der Waals surface area contributed by atoms with Crippen molar-refractivity contribution in [3.63, 3.8) is 0 Å². The zero-order chi connectivity index (χ0) is 20.9. The molecule has 0 bridgehead atoms. The van der Waals surface area contributed by atoms with Crippen molar-refractivity contribution in [1.82, 2.24) is 4.90 Å². The summed E-state index contributed by atoms with van der Waals surface area (Å²) in [7, 11) is -3.70. The number of amides is 1. The van der Waals surface area contributed by atoms with Gasteiger partial charge in [0, 0.05) is 27.1 Å². The van der Waals surface area contributed by atoms with Gasteiger partial charge < -0.3 is 4.90 Å². The van der Waals surface area contributed by atoms with Gasteiger partial charge in [-0.3, -0.25) is 9.52 Å². The van der Waals surface area contributed by atoms with Crippen LogP contribution in [0.1, 0.15) is 15.2 Å². The predicted octanol–water partition coefficient (Wildman–Crippen LogP) is 5.14. The van der Waals surface area contributed by atoms with Crippen LogP contribution in [-0.2, 0) is 16.6 Å². The van der Waals surface area contributed by atoms with Crippen molar-refractivity contribution in [2.75, 3.05) is 11.3 Å². The fraction of sp³-hybridized carbons (Fsp3) is 0.0952. The molecule has 0 saturated carbocycles. The van der Waals surface area contributed by atoms with Gasteiger partial charge >= 0.3 is 0 Å². The van der Waals surface area contributed by atoms with Gasteiger partial charge in [-0.25, -0.2) is 8.42 Å². The van der Waals surface area contributed by atoms with Gasteiger partial charge in [0.2, 0.25) is 0 Å². The summed E-state index contributed by atoms with van der Waals surface area (Å²) < 4.78 is 28.3. The molecule has 1 amide bonds. The summed E-state index contributed by atoms with van der Waals surface area (Å²) in [5.74, 6) is -0.138. The van der Waals surface area contributed by atoms with E-state index in [2.05, 4.69) is 27.2 Å². The molecule has 0 saturated heterocycles. The molecule has 1 heterocycles. The molecule has 150 valence electrons. The van der Waals surface area contributed by atoms with Crippen molar-refractivity contribution in [3.8, 4) is 0 Å². The molecule has 3 aromatic rings. The number of anilines is 1. The molecule has 0 atom stereocenters. The Balaban J connectivity index is 1.73. The molecule has 1 aromatic heterocycles. The zero-order valence-corrected chi connectivity index (χ0v) is 18.6. The van der Waals surface area contributed by atoms with Crippen LogP contribution in [0.15, 0.2) is 88.1 Å². The van der Waals surface area contributed by atoms with Gasteiger partial charge in [-0.05, 0) is 60.0 Å². The third-order valence-corrected chi connectivity index (χ3v) is 6.86.